The summed E-state index contributed by atoms with van der Waals surface area (Å²) in [6, 6.07) is 9.13. The van der Waals surface area contributed by atoms with E-state index < -0.39 is 6.36 Å². The summed E-state index contributed by atoms with van der Waals surface area (Å²) in [5.74, 6) is 1.13. The molecule has 0 spiro atoms. The van der Waals surface area contributed by atoms with Gasteiger partial charge in [-0.25, -0.2) is 0 Å². The van der Waals surface area contributed by atoms with Crippen LogP contribution in [0.15, 0.2) is 42.7 Å². The van der Waals surface area contributed by atoms with Gasteiger partial charge in [0.05, 0.1) is 0 Å². The molecule has 0 unspecified atom stereocenters. The summed E-state index contributed by atoms with van der Waals surface area (Å²) in [5.41, 5.74) is 1.80. The minimum absolute atomic E-state index is 0.295. The average Bonchev–Trinajstić information content (AvgIpc) is 3.26. The fourth-order valence-corrected chi connectivity index (χ4v) is 2.48. The van der Waals surface area contributed by atoms with Crippen LogP contribution in [0.5, 0.6) is 17.4 Å². The van der Waals surface area contributed by atoms with E-state index in [0.29, 0.717) is 23.2 Å². The molecule has 2 heterocycles. The Hall–Kier alpha value is -2.77. The van der Waals surface area contributed by atoms with Crippen LogP contribution < -0.4 is 9.47 Å². The fraction of sp³-hybridized carbons (Fsp3) is 0.250. The molecule has 2 aromatic heterocycles. The number of hydrogen-bond donors (Lipinski definition) is 0. The van der Waals surface area contributed by atoms with Crippen LogP contribution in [0.1, 0.15) is 24.3 Å². The maximum atomic E-state index is 12.2. The molecular formula is C16H12F3N3O2. The number of benzene rings is 1. The summed E-state index contributed by atoms with van der Waals surface area (Å²) in [7, 11) is 0. The smallest absolute Gasteiger partial charge is 0.440 e. The highest BCUT2D eigenvalue weighted by Crippen LogP contribution is 2.42. The molecule has 1 aliphatic carbocycles. The summed E-state index contributed by atoms with van der Waals surface area (Å²) in [6.07, 6.45) is -0.918. The largest absolute Gasteiger partial charge is 0.573 e. The number of aromatic nitrogens is 3. The van der Waals surface area contributed by atoms with E-state index >= 15 is 0 Å². The molecule has 1 aliphatic rings. The molecule has 0 amide bonds. The minimum Gasteiger partial charge on any atom is -0.440 e. The van der Waals surface area contributed by atoms with E-state index in [1.54, 1.807) is 4.40 Å². The molecule has 0 radical (unpaired) electrons. The van der Waals surface area contributed by atoms with Crippen molar-refractivity contribution in [3.63, 3.8) is 0 Å². The fourth-order valence-electron chi connectivity index (χ4n) is 2.48. The Morgan fingerprint density at radius 1 is 1.04 bits per heavy atom. The lowest BCUT2D eigenvalue weighted by molar-refractivity contribution is -0.274. The summed E-state index contributed by atoms with van der Waals surface area (Å²) >= 11 is 0. The van der Waals surface area contributed by atoms with Crippen molar-refractivity contribution in [2.75, 3.05) is 0 Å². The molecular weight excluding hydrogens is 323 g/mol. The van der Waals surface area contributed by atoms with Crippen LogP contribution >= 0.6 is 0 Å². The number of nitrogens with zero attached hydrogens (tertiary/aromatic N) is 3. The standard InChI is InChI=1S/C16H12F3N3O2/c17-16(18,19)24-13-5-3-12(4-6-13)23-15-8-11(10-1-2-10)7-14-21-20-9-22(14)15/h3-10H,1-2H2. The van der Waals surface area contributed by atoms with Crippen molar-refractivity contribution >= 4 is 5.65 Å². The molecule has 0 N–H and O–H groups in total. The summed E-state index contributed by atoms with van der Waals surface area (Å²) in [6.45, 7) is 0. The molecule has 0 saturated heterocycles. The summed E-state index contributed by atoms with van der Waals surface area (Å²) in [4.78, 5) is 0. The van der Waals surface area contributed by atoms with Crippen molar-refractivity contribution in [1.29, 1.82) is 0 Å². The van der Waals surface area contributed by atoms with E-state index in [-0.39, 0.29) is 5.75 Å². The van der Waals surface area contributed by atoms with Gasteiger partial charge in [0.2, 0.25) is 5.88 Å². The zero-order valence-electron chi connectivity index (χ0n) is 12.3. The zero-order valence-corrected chi connectivity index (χ0v) is 12.3. The van der Waals surface area contributed by atoms with Crippen LogP contribution in [0.25, 0.3) is 5.65 Å². The Kier molecular flexibility index (Phi) is 3.33. The lowest BCUT2D eigenvalue weighted by Gasteiger charge is -2.11. The van der Waals surface area contributed by atoms with Gasteiger partial charge in [-0.3, -0.25) is 4.40 Å². The molecule has 4 rings (SSSR count). The molecule has 0 bridgehead atoms. The van der Waals surface area contributed by atoms with Crippen molar-refractivity contribution < 1.29 is 22.6 Å². The normalized spacial score (nSPS) is 14.8. The van der Waals surface area contributed by atoms with Crippen LogP contribution in [-0.4, -0.2) is 21.0 Å². The predicted octanol–water partition coefficient (Wildman–Crippen LogP) is 4.30. The third-order valence-corrected chi connectivity index (χ3v) is 3.73. The first-order valence-corrected chi connectivity index (χ1v) is 7.35. The Bertz CT molecular complexity index is 870. The Balaban J connectivity index is 1.60. The van der Waals surface area contributed by atoms with E-state index in [1.165, 1.54) is 30.6 Å². The molecule has 1 fully saturated rings. The quantitative estimate of drug-likeness (QED) is 0.713. The van der Waals surface area contributed by atoms with Crippen molar-refractivity contribution in [1.82, 2.24) is 14.6 Å². The van der Waals surface area contributed by atoms with Crippen LogP contribution in [0.2, 0.25) is 0 Å². The molecule has 24 heavy (non-hydrogen) atoms. The van der Waals surface area contributed by atoms with Crippen molar-refractivity contribution in [3.8, 4) is 17.4 Å². The minimum atomic E-state index is -4.71. The lowest BCUT2D eigenvalue weighted by Crippen LogP contribution is -2.16. The van der Waals surface area contributed by atoms with Gasteiger partial charge < -0.3 is 9.47 Å². The van der Waals surface area contributed by atoms with Gasteiger partial charge in [0.25, 0.3) is 0 Å². The highest BCUT2D eigenvalue weighted by molar-refractivity contribution is 5.48. The molecule has 8 heteroatoms. The highest BCUT2D eigenvalue weighted by Gasteiger charge is 2.31. The number of fused-ring (bicyclic) bond motifs is 1. The molecule has 1 aromatic carbocycles. The third-order valence-electron chi connectivity index (χ3n) is 3.73. The predicted molar refractivity (Wildman–Crippen MR) is 78.2 cm³/mol. The maximum absolute atomic E-state index is 12.2. The van der Waals surface area contributed by atoms with Crippen LogP contribution in [0.3, 0.4) is 0 Å². The van der Waals surface area contributed by atoms with Gasteiger partial charge in [-0.1, -0.05) is 0 Å². The molecule has 3 aromatic rings. The Morgan fingerprint density at radius 3 is 2.42 bits per heavy atom. The highest BCUT2D eigenvalue weighted by atomic mass is 19.4. The first-order chi connectivity index (χ1) is 11.5. The van der Waals surface area contributed by atoms with Crippen molar-refractivity contribution in [2.24, 2.45) is 0 Å². The van der Waals surface area contributed by atoms with Gasteiger partial charge in [-0.15, -0.1) is 23.4 Å². The van der Waals surface area contributed by atoms with E-state index in [4.69, 9.17) is 4.74 Å². The third kappa shape index (κ3) is 3.12. The number of ether oxygens (including phenoxy) is 2. The second kappa shape index (κ2) is 5.40. The zero-order chi connectivity index (χ0) is 16.7. The van der Waals surface area contributed by atoms with Gasteiger partial charge in [-0.05, 0) is 54.7 Å². The summed E-state index contributed by atoms with van der Waals surface area (Å²) in [5, 5.41) is 7.90. The number of halogens is 3. The van der Waals surface area contributed by atoms with Gasteiger partial charge >= 0.3 is 6.36 Å². The Labute approximate surface area is 134 Å². The lowest BCUT2D eigenvalue weighted by atomic mass is 10.2. The maximum Gasteiger partial charge on any atom is 0.573 e. The number of rotatable bonds is 4. The summed E-state index contributed by atoms with van der Waals surface area (Å²) < 4.78 is 47.9. The van der Waals surface area contributed by atoms with Gasteiger partial charge in [0.1, 0.15) is 17.8 Å². The van der Waals surface area contributed by atoms with Gasteiger partial charge in [0.15, 0.2) is 5.65 Å². The molecule has 0 atom stereocenters. The molecule has 5 nitrogen and oxygen atoms in total. The van der Waals surface area contributed by atoms with E-state index in [0.717, 1.165) is 18.4 Å². The molecule has 1 saturated carbocycles. The van der Waals surface area contributed by atoms with E-state index in [1.807, 2.05) is 12.1 Å². The van der Waals surface area contributed by atoms with Crippen LogP contribution in [-0.2, 0) is 0 Å². The molecule has 0 aliphatic heterocycles. The van der Waals surface area contributed by atoms with Crippen LogP contribution in [0, 0.1) is 0 Å². The van der Waals surface area contributed by atoms with Gasteiger partial charge in [0, 0.05) is 6.07 Å². The van der Waals surface area contributed by atoms with Crippen molar-refractivity contribution in [3.05, 3.63) is 48.3 Å². The topological polar surface area (TPSA) is 48.7 Å². The number of alkyl halides is 3. The van der Waals surface area contributed by atoms with Gasteiger partial charge in [-0.2, -0.15) is 0 Å². The Morgan fingerprint density at radius 2 is 1.75 bits per heavy atom. The van der Waals surface area contributed by atoms with Crippen molar-refractivity contribution in [2.45, 2.75) is 25.1 Å². The number of hydrogen-bond acceptors (Lipinski definition) is 4. The second-order valence-corrected chi connectivity index (χ2v) is 5.58. The SMILES string of the molecule is FC(F)(F)Oc1ccc(Oc2cc(C3CC3)cc3nncn23)cc1. The first kappa shape index (κ1) is 14.8. The molecule has 124 valence electrons. The average molecular weight is 335 g/mol. The first-order valence-electron chi connectivity index (χ1n) is 7.35. The van der Waals surface area contributed by atoms with Crippen LogP contribution in [0.4, 0.5) is 13.2 Å². The second-order valence-electron chi connectivity index (χ2n) is 5.58. The number of pyridine rings is 1. The van der Waals surface area contributed by atoms with E-state index in [2.05, 4.69) is 14.9 Å². The van der Waals surface area contributed by atoms with E-state index in [9.17, 15) is 13.2 Å². The monoisotopic (exact) mass is 335 g/mol.